The van der Waals surface area contributed by atoms with Gasteiger partial charge in [-0.15, -0.1) is 0 Å². The molecule has 2 fully saturated rings. The van der Waals surface area contributed by atoms with E-state index < -0.39 is 16.4 Å². The van der Waals surface area contributed by atoms with E-state index in [1.807, 2.05) is 30.3 Å². The maximum Gasteiger partial charge on any atom is 0.310 e. The van der Waals surface area contributed by atoms with Gasteiger partial charge in [-0.05, 0) is 49.8 Å². The first-order chi connectivity index (χ1) is 17.2. The Hall–Kier alpha value is -2.85. The summed E-state index contributed by atoms with van der Waals surface area (Å²) in [6, 6.07) is 13.6. The molecule has 2 atom stereocenters. The lowest BCUT2D eigenvalue weighted by Gasteiger charge is -2.33. The van der Waals surface area contributed by atoms with Gasteiger partial charge in [0.15, 0.2) is 0 Å². The highest BCUT2D eigenvalue weighted by atomic mass is 32.2. The lowest BCUT2D eigenvalue weighted by molar-refractivity contribution is -0.145. The molecule has 7 nitrogen and oxygen atoms in total. The summed E-state index contributed by atoms with van der Waals surface area (Å²) in [4.78, 5) is 27.4. The van der Waals surface area contributed by atoms with Gasteiger partial charge in [0.25, 0.3) is 6.43 Å². The van der Waals surface area contributed by atoms with Gasteiger partial charge in [-0.2, -0.15) is 0 Å². The van der Waals surface area contributed by atoms with Crippen LogP contribution in [0.4, 0.5) is 8.78 Å². The van der Waals surface area contributed by atoms with Crippen LogP contribution in [0.15, 0.2) is 59.5 Å². The first-order valence-electron chi connectivity index (χ1n) is 12.0. The maximum absolute atomic E-state index is 13.5. The highest BCUT2D eigenvalue weighted by Crippen LogP contribution is 2.39. The highest BCUT2D eigenvalue weighted by Gasteiger charge is 2.42. The Morgan fingerprint density at radius 1 is 0.972 bits per heavy atom. The van der Waals surface area contributed by atoms with Crippen molar-refractivity contribution >= 4 is 21.9 Å². The molecule has 1 saturated carbocycles. The summed E-state index contributed by atoms with van der Waals surface area (Å²) < 4.78 is 58.5. The number of carbonyl (C=O) groups excluding carboxylic acids is 2. The van der Waals surface area contributed by atoms with E-state index in [2.05, 4.69) is 4.72 Å². The molecular formula is C26H30F2N2O5S. The van der Waals surface area contributed by atoms with E-state index in [1.165, 1.54) is 19.2 Å². The average Bonchev–Trinajstić information content (AvgIpc) is 3.34. The summed E-state index contributed by atoms with van der Waals surface area (Å²) in [5, 5.41) is 0. The van der Waals surface area contributed by atoms with Crippen LogP contribution < -0.4 is 4.72 Å². The number of nitrogens with one attached hydrogen (secondary N) is 1. The molecule has 194 valence electrons. The fourth-order valence-electron chi connectivity index (χ4n) is 5.18. The minimum atomic E-state index is -3.86. The quantitative estimate of drug-likeness (QED) is 0.552. The predicted octanol–water partition coefficient (Wildman–Crippen LogP) is 4.22. The molecule has 2 aliphatic rings. The van der Waals surface area contributed by atoms with Gasteiger partial charge >= 0.3 is 5.97 Å². The molecule has 0 bridgehead atoms. The van der Waals surface area contributed by atoms with E-state index in [1.54, 1.807) is 4.90 Å². The van der Waals surface area contributed by atoms with E-state index in [4.69, 9.17) is 4.74 Å². The van der Waals surface area contributed by atoms with E-state index in [0.29, 0.717) is 38.6 Å². The van der Waals surface area contributed by atoms with Crippen molar-refractivity contribution in [3.63, 3.8) is 0 Å². The second kappa shape index (κ2) is 11.0. The van der Waals surface area contributed by atoms with Crippen molar-refractivity contribution in [2.75, 3.05) is 13.7 Å². The first kappa shape index (κ1) is 26.2. The second-order valence-corrected chi connectivity index (χ2v) is 11.1. The third kappa shape index (κ3) is 5.75. The minimum absolute atomic E-state index is 0.0286. The number of hydrogen-bond donors (Lipinski definition) is 1. The number of alkyl halides is 2. The number of benzene rings is 2. The summed E-state index contributed by atoms with van der Waals surface area (Å²) in [5.74, 6) is -1.01. The number of rotatable bonds is 7. The predicted molar refractivity (Wildman–Crippen MR) is 128 cm³/mol. The van der Waals surface area contributed by atoms with Crippen molar-refractivity contribution in [2.45, 2.75) is 55.5 Å². The average molecular weight is 521 g/mol. The Kier molecular flexibility index (Phi) is 8.04. The molecule has 1 saturated heterocycles. The van der Waals surface area contributed by atoms with E-state index in [9.17, 15) is 26.8 Å². The van der Waals surface area contributed by atoms with E-state index >= 15 is 0 Å². The van der Waals surface area contributed by atoms with Gasteiger partial charge in [-0.1, -0.05) is 42.5 Å². The fourth-order valence-corrected chi connectivity index (χ4v) is 6.49. The number of ether oxygens (including phenoxy) is 1. The van der Waals surface area contributed by atoms with Crippen molar-refractivity contribution in [1.82, 2.24) is 9.62 Å². The van der Waals surface area contributed by atoms with Crippen LogP contribution in [0.2, 0.25) is 0 Å². The van der Waals surface area contributed by atoms with Gasteiger partial charge in [0.2, 0.25) is 15.9 Å². The summed E-state index contributed by atoms with van der Waals surface area (Å²) in [6.07, 6.45) is -0.178. The number of sulfonamides is 1. The van der Waals surface area contributed by atoms with Crippen LogP contribution in [0.25, 0.3) is 0 Å². The van der Waals surface area contributed by atoms with Crippen molar-refractivity contribution < 1.29 is 31.5 Å². The molecular weight excluding hydrogens is 490 g/mol. The highest BCUT2D eigenvalue weighted by molar-refractivity contribution is 7.89. The number of amides is 1. The first-order valence-corrected chi connectivity index (χ1v) is 13.5. The zero-order valence-electron chi connectivity index (χ0n) is 20.0. The largest absolute Gasteiger partial charge is 0.469 e. The lowest BCUT2D eigenvalue weighted by Crippen LogP contribution is -2.42. The lowest BCUT2D eigenvalue weighted by atomic mass is 9.85. The van der Waals surface area contributed by atoms with Crippen LogP contribution in [0.1, 0.15) is 55.7 Å². The molecule has 2 aromatic rings. The van der Waals surface area contributed by atoms with Gasteiger partial charge in [-0.3, -0.25) is 9.59 Å². The molecule has 1 heterocycles. The summed E-state index contributed by atoms with van der Waals surface area (Å²) in [5.41, 5.74) is 0.731. The summed E-state index contributed by atoms with van der Waals surface area (Å²) in [6.45, 7) is 0.298. The number of likely N-dealkylation sites (tertiary alicyclic amines) is 1. The molecule has 36 heavy (non-hydrogen) atoms. The molecule has 1 aliphatic carbocycles. The third-order valence-corrected chi connectivity index (χ3v) is 8.68. The Labute approximate surface area is 209 Å². The summed E-state index contributed by atoms with van der Waals surface area (Å²) >= 11 is 0. The van der Waals surface area contributed by atoms with Gasteiger partial charge in [0.1, 0.15) is 0 Å². The normalized spacial score (nSPS) is 24.6. The molecule has 2 aromatic carbocycles. The molecule has 1 amide bonds. The number of esters is 1. The molecule has 0 spiro atoms. The molecule has 0 radical (unpaired) electrons. The Balaban J connectivity index is 1.39. The number of halogens is 2. The summed E-state index contributed by atoms with van der Waals surface area (Å²) in [7, 11) is -2.51. The van der Waals surface area contributed by atoms with Crippen molar-refractivity contribution in [3.05, 3.63) is 65.7 Å². The zero-order valence-corrected chi connectivity index (χ0v) is 20.8. The second-order valence-electron chi connectivity index (χ2n) is 9.41. The van der Waals surface area contributed by atoms with Crippen molar-refractivity contribution in [3.8, 4) is 0 Å². The van der Waals surface area contributed by atoms with E-state index in [0.717, 1.165) is 17.7 Å². The van der Waals surface area contributed by atoms with Gasteiger partial charge < -0.3 is 9.64 Å². The zero-order chi connectivity index (χ0) is 25.9. The fraction of sp³-hybridized carbons (Fsp3) is 0.462. The standard InChI is InChI=1S/C26H30F2N2O5S/c1-35-26(32)20-15-23(17-5-3-2-4-6-17)30(16-20)25(31)19-7-11-21(12-8-19)29-36(33,34)22-13-9-18(10-14-22)24(27)28/h2-6,9-10,13-14,19-21,23-24,29H,7-8,11-12,15-16H2,1H3. The van der Waals surface area contributed by atoms with Crippen LogP contribution >= 0.6 is 0 Å². The Morgan fingerprint density at radius 2 is 1.61 bits per heavy atom. The van der Waals surface area contributed by atoms with Gasteiger partial charge in [0.05, 0.1) is 24.0 Å². The number of carbonyl (C=O) groups is 2. The van der Waals surface area contributed by atoms with Crippen LogP contribution in [-0.2, 0) is 24.3 Å². The molecule has 2 unspecified atom stereocenters. The molecule has 10 heteroatoms. The third-order valence-electron chi connectivity index (χ3n) is 7.14. The molecule has 0 aromatic heterocycles. The number of nitrogens with zero attached hydrogens (tertiary/aromatic N) is 1. The monoisotopic (exact) mass is 520 g/mol. The molecule has 1 aliphatic heterocycles. The van der Waals surface area contributed by atoms with Gasteiger partial charge in [-0.25, -0.2) is 21.9 Å². The number of methoxy groups -OCH3 is 1. The molecule has 1 N–H and O–H groups in total. The van der Waals surface area contributed by atoms with Crippen LogP contribution in [-0.4, -0.2) is 44.9 Å². The maximum atomic E-state index is 13.5. The van der Waals surface area contributed by atoms with Crippen LogP contribution in [0, 0.1) is 11.8 Å². The SMILES string of the molecule is COC(=O)C1CC(c2ccccc2)N(C(=O)C2CCC(NS(=O)(=O)c3ccc(C(F)F)cc3)CC2)C1. The van der Waals surface area contributed by atoms with Crippen molar-refractivity contribution in [1.29, 1.82) is 0 Å². The van der Waals surface area contributed by atoms with Crippen molar-refractivity contribution in [2.24, 2.45) is 11.8 Å². The van der Waals surface area contributed by atoms with Crippen LogP contribution in [0.3, 0.4) is 0 Å². The molecule has 4 rings (SSSR count). The Bertz CT molecular complexity index is 1170. The van der Waals surface area contributed by atoms with Crippen LogP contribution in [0.5, 0.6) is 0 Å². The van der Waals surface area contributed by atoms with Gasteiger partial charge in [0, 0.05) is 24.1 Å². The topological polar surface area (TPSA) is 92.8 Å². The van der Waals surface area contributed by atoms with E-state index in [-0.39, 0.29) is 46.3 Å². The Morgan fingerprint density at radius 3 is 2.19 bits per heavy atom. The smallest absolute Gasteiger partial charge is 0.310 e. The number of hydrogen-bond acceptors (Lipinski definition) is 5. The minimum Gasteiger partial charge on any atom is -0.469 e.